The van der Waals surface area contributed by atoms with Gasteiger partial charge >= 0.3 is 0 Å². The van der Waals surface area contributed by atoms with Crippen LogP contribution in [0.2, 0.25) is 0 Å². The van der Waals surface area contributed by atoms with Gasteiger partial charge in [-0.3, -0.25) is 14.8 Å². The maximum atomic E-state index is 13.7. The molecule has 1 aliphatic heterocycles. The highest BCUT2D eigenvalue weighted by Crippen LogP contribution is 2.45. The molecule has 178 valence electrons. The average Bonchev–Trinajstić information content (AvgIpc) is 3.29. The van der Waals surface area contributed by atoms with E-state index in [0.717, 1.165) is 10.4 Å². The van der Waals surface area contributed by atoms with Crippen molar-refractivity contribution in [2.24, 2.45) is 0 Å². The lowest BCUT2D eigenvalue weighted by atomic mass is 9.97. The molecule has 10 heteroatoms. The van der Waals surface area contributed by atoms with Crippen LogP contribution in [0.15, 0.2) is 66.7 Å². The number of nitrogens with zero attached hydrogens (tertiary/aromatic N) is 1. The van der Waals surface area contributed by atoms with Gasteiger partial charge in [0.15, 0.2) is 9.84 Å². The summed E-state index contributed by atoms with van der Waals surface area (Å²) >= 11 is 1.27. The Labute approximate surface area is 201 Å². The standard InChI is InChI=1S/C24H25N3O5S2/c25-19-8-4-7-18(15-19)20-9-10-21(33-20)24(16-22(28)26-30)11-12-27(13-14-34(24,31)32)23(29)17-5-2-1-3-6-17/h1-10,15,30H,11-14,16,25H2,(H,26,28). The number of hydroxylamine groups is 1. The minimum Gasteiger partial charge on any atom is -0.399 e. The third kappa shape index (κ3) is 4.56. The Hall–Kier alpha value is -3.21. The number of amides is 2. The number of benzene rings is 2. The van der Waals surface area contributed by atoms with E-state index >= 15 is 0 Å². The van der Waals surface area contributed by atoms with Crippen molar-refractivity contribution in [1.82, 2.24) is 10.4 Å². The Morgan fingerprint density at radius 1 is 1.06 bits per heavy atom. The Bertz CT molecular complexity index is 1310. The van der Waals surface area contributed by atoms with Gasteiger partial charge in [0.25, 0.3) is 5.91 Å². The van der Waals surface area contributed by atoms with E-state index in [-0.39, 0.29) is 31.2 Å². The van der Waals surface area contributed by atoms with Crippen LogP contribution in [-0.2, 0) is 19.4 Å². The minimum absolute atomic E-state index is 0.0198. The second-order valence-corrected chi connectivity index (χ2v) is 11.7. The first kappa shape index (κ1) is 23.9. The molecule has 0 radical (unpaired) electrons. The van der Waals surface area contributed by atoms with E-state index in [1.807, 2.05) is 12.1 Å². The highest BCUT2D eigenvalue weighted by molar-refractivity contribution is 7.92. The topological polar surface area (TPSA) is 130 Å². The first-order valence-corrected chi connectivity index (χ1v) is 13.2. The van der Waals surface area contributed by atoms with Gasteiger partial charge in [-0.1, -0.05) is 30.3 Å². The zero-order valence-corrected chi connectivity index (χ0v) is 19.9. The van der Waals surface area contributed by atoms with Gasteiger partial charge in [0.2, 0.25) is 5.91 Å². The monoisotopic (exact) mass is 499 g/mol. The van der Waals surface area contributed by atoms with Crippen molar-refractivity contribution in [2.45, 2.75) is 17.6 Å². The Morgan fingerprint density at radius 2 is 1.82 bits per heavy atom. The highest BCUT2D eigenvalue weighted by Gasteiger charge is 2.49. The smallest absolute Gasteiger partial charge is 0.253 e. The number of nitrogens with two attached hydrogens (primary N) is 1. The van der Waals surface area contributed by atoms with Crippen LogP contribution in [0.1, 0.15) is 28.1 Å². The number of carbonyl (C=O) groups is 2. The summed E-state index contributed by atoms with van der Waals surface area (Å²) in [6.45, 7) is 0.170. The van der Waals surface area contributed by atoms with Crippen molar-refractivity contribution in [1.29, 1.82) is 0 Å². The zero-order chi connectivity index (χ0) is 24.3. The molecule has 4 N–H and O–H groups in total. The molecule has 1 aliphatic rings. The second-order valence-electron chi connectivity index (χ2n) is 8.22. The Balaban J connectivity index is 1.73. The summed E-state index contributed by atoms with van der Waals surface area (Å²) in [6.07, 6.45) is -0.422. The fourth-order valence-corrected chi connectivity index (χ4v) is 7.87. The van der Waals surface area contributed by atoms with Crippen molar-refractivity contribution in [2.75, 3.05) is 24.6 Å². The lowest BCUT2D eigenvalue weighted by Crippen LogP contribution is -2.41. The summed E-state index contributed by atoms with van der Waals surface area (Å²) in [6, 6.07) is 19.4. The lowest BCUT2D eigenvalue weighted by Gasteiger charge is -2.30. The van der Waals surface area contributed by atoms with Gasteiger partial charge in [0, 0.05) is 34.1 Å². The summed E-state index contributed by atoms with van der Waals surface area (Å²) in [5, 5.41) is 9.20. The molecule has 0 aliphatic carbocycles. The van der Waals surface area contributed by atoms with Crippen LogP contribution in [0.4, 0.5) is 5.69 Å². The number of hydrogen-bond acceptors (Lipinski definition) is 7. The lowest BCUT2D eigenvalue weighted by molar-refractivity contribution is -0.129. The van der Waals surface area contributed by atoms with E-state index in [0.29, 0.717) is 16.1 Å². The first-order chi connectivity index (χ1) is 16.3. The van der Waals surface area contributed by atoms with Gasteiger partial charge in [-0.25, -0.2) is 13.9 Å². The molecule has 34 heavy (non-hydrogen) atoms. The molecule has 8 nitrogen and oxygen atoms in total. The maximum absolute atomic E-state index is 13.7. The number of nitrogens with one attached hydrogen (secondary N) is 1. The van der Waals surface area contributed by atoms with Gasteiger partial charge in [-0.05, 0) is 48.4 Å². The third-order valence-electron chi connectivity index (χ3n) is 6.12. The molecule has 3 aromatic rings. The maximum Gasteiger partial charge on any atom is 0.253 e. The molecule has 2 heterocycles. The zero-order valence-electron chi connectivity index (χ0n) is 18.3. The fraction of sp³-hybridized carbons (Fsp3) is 0.250. The van der Waals surface area contributed by atoms with E-state index in [9.17, 15) is 23.2 Å². The number of hydrogen-bond donors (Lipinski definition) is 3. The molecule has 1 atom stereocenters. The van der Waals surface area contributed by atoms with E-state index < -0.39 is 26.9 Å². The molecule has 0 spiro atoms. The molecule has 1 unspecified atom stereocenters. The molecule has 2 amide bonds. The molecule has 1 fully saturated rings. The van der Waals surface area contributed by atoms with Crippen LogP contribution in [0, 0.1) is 0 Å². The first-order valence-electron chi connectivity index (χ1n) is 10.7. The highest BCUT2D eigenvalue weighted by atomic mass is 32.2. The summed E-state index contributed by atoms with van der Waals surface area (Å²) in [7, 11) is -3.89. The van der Waals surface area contributed by atoms with Crippen LogP contribution < -0.4 is 11.2 Å². The third-order valence-corrected chi connectivity index (χ3v) is 10.1. The number of rotatable bonds is 5. The van der Waals surface area contributed by atoms with Gasteiger partial charge in [0.1, 0.15) is 4.75 Å². The van der Waals surface area contributed by atoms with Crippen molar-refractivity contribution in [3.05, 3.63) is 77.2 Å². The van der Waals surface area contributed by atoms with Crippen molar-refractivity contribution in [3.8, 4) is 10.4 Å². The van der Waals surface area contributed by atoms with Gasteiger partial charge in [-0.15, -0.1) is 11.3 Å². The largest absolute Gasteiger partial charge is 0.399 e. The molecule has 1 aromatic heterocycles. The number of nitrogen functional groups attached to an aromatic ring is 1. The number of anilines is 1. The van der Waals surface area contributed by atoms with E-state index in [1.54, 1.807) is 60.1 Å². The van der Waals surface area contributed by atoms with E-state index in [2.05, 4.69) is 0 Å². The van der Waals surface area contributed by atoms with Crippen LogP contribution in [-0.4, -0.2) is 49.2 Å². The van der Waals surface area contributed by atoms with E-state index in [4.69, 9.17) is 5.73 Å². The molecule has 2 aromatic carbocycles. The van der Waals surface area contributed by atoms with Crippen molar-refractivity contribution in [3.63, 3.8) is 0 Å². The van der Waals surface area contributed by atoms with Crippen LogP contribution in [0.3, 0.4) is 0 Å². The Kier molecular flexibility index (Phi) is 6.74. The fourth-order valence-electron chi connectivity index (χ4n) is 4.27. The summed E-state index contributed by atoms with van der Waals surface area (Å²) < 4.78 is 25.8. The van der Waals surface area contributed by atoms with Crippen molar-refractivity contribution >= 4 is 38.7 Å². The van der Waals surface area contributed by atoms with Crippen LogP contribution >= 0.6 is 11.3 Å². The van der Waals surface area contributed by atoms with Crippen molar-refractivity contribution < 1.29 is 23.2 Å². The van der Waals surface area contributed by atoms with E-state index in [1.165, 1.54) is 16.2 Å². The van der Waals surface area contributed by atoms with Gasteiger partial charge in [-0.2, -0.15) is 0 Å². The summed E-state index contributed by atoms with van der Waals surface area (Å²) in [4.78, 5) is 28.1. The molecule has 4 rings (SSSR count). The summed E-state index contributed by atoms with van der Waals surface area (Å²) in [5.74, 6) is -1.36. The molecular formula is C24H25N3O5S2. The average molecular weight is 500 g/mol. The predicted octanol–water partition coefficient (Wildman–Crippen LogP) is 3.05. The predicted molar refractivity (Wildman–Crippen MR) is 131 cm³/mol. The quantitative estimate of drug-likeness (QED) is 0.281. The molecule has 1 saturated heterocycles. The second kappa shape index (κ2) is 9.57. The normalized spacial score (nSPS) is 19.9. The number of carbonyl (C=O) groups excluding carboxylic acids is 2. The summed E-state index contributed by atoms with van der Waals surface area (Å²) in [5.41, 5.74) is 9.37. The number of sulfone groups is 1. The molecule has 0 bridgehead atoms. The molecule has 0 saturated carbocycles. The van der Waals surface area contributed by atoms with Crippen LogP contribution in [0.25, 0.3) is 10.4 Å². The van der Waals surface area contributed by atoms with Crippen LogP contribution in [0.5, 0.6) is 0 Å². The van der Waals surface area contributed by atoms with Gasteiger partial charge in [0.05, 0.1) is 12.2 Å². The number of thiophene rings is 1. The minimum atomic E-state index is -3.89. The molecular weight excluding hydrogens is 474 g/mol. The van der Waals surface area contributed by atoms with Gasteiger partial charge < -0.3 is 10.6 Å². The SMILES string of the molecule is Nc1cccc(-c2ccc(C3(CC(=O)NO)CCN(C(=O)c4ccccc4)CCS3(=O)=O)s2)c1. The Morgan fingerprint density at radius 3 is 2.53 bits per heavy atom.